The van der Waals surface area contributed by atoms with Crippen LogP contribution in [-0.2, 0) is 4.79 Å². The number of rotatable bonds is 2. The Kier molecular flexibility index (Phi) is 3.71. The Labute approximate surface area is 127 Å². The first kappa shape index (κ1) is 14.4. The molecule has 1 amide bonds. The van der Waals surface area contributed by atoms with Gasteiger partial charge in [-0.3, -0.25) is 4.79 Å². The lowest BCUT2D eigenvalue weighted by atomic mass is 10.1. The summed E-state index contributed by atoms with van der Waals surface area (Å²) < 4.78 is 24.7. The Balaban J connectivity index is 1.79. The van der Waals surface area contributed by atoms with Crippen molar-refractivity contribution in [2.75, 3.05) is 5.32 Å². The third kappa shape index (κ3) is 2.74. The highest BCUT2D eigenvalue weighted by Crippen LogP contribution is 2.33. The molecule has 0 radical (unpaired) electrons. The highest BCUT2D eigenvalue weighted by atomic mass is 19.1. The van der Waals surface area contributed by atoms with Gasteiger partial charge in [0.15, 0.2) is 11.5 Å². The molecule has 1 N–H and O–H groups in total. The number of ether oxygens (including phenoxy) is 2. The molecule has 4 nitrogen and oxygen atoms in total. The number of carbonyl (C=O) groups excluding carboxylic acids is 1. The van der Waals surface area contributed by atoms with Crippen molar-refractivity contribution < 1.29 is 18.7 Å². The first-order valence-corrected chi connectivity index (χ1v) is 7.04. The average Bonchev–Trinajstić information content (AvgIpc) is 2.50. The van der Waals surface area contributed by atoms with E-state index in [1.165, 1.54) is 12.1 Å². The van der Waals surface area contributed by atoms with E-state index in [0.29, 0.717) is 17.2 Å². The zero-order chi connectivity index (χ0) is 15.7. The van der Waals surface area contributed by atoms with Crippen LogP contribution in [-0.4, -0.2) is 18.1 Å². The number of benzene rings is 2. The second-order valence-electron chi connectivity index (χ2n) is 5.26. The van der Waals surface area contributed by atoms with E-state index in [2.05, 4.69) is 5.32 Å². The summed E-state index contributed by atoms with van der Waals surface area (Å²) in [6, 6.07) is 11.4. The molecule has 0 unspecified atom stereocenters. The van der Waals surface area contributed by atoms with Crippen LogP contribution < -0.4 is 14.8 Å². The van der Waals surface area contributed by atoms with Crippen molar-refractivity contribution in [3.8, 4) is 11.5 Å². The van der Waals surface area contributed by atoms with Gasteiger partial charge in [-0.25, -0.2) is 4.39 Å². The van der Waals surface area contributed by atoms with Crippen LogP contribution >= 0.6 is 0 Å². The number of carbonyl (C=O) groups is 1. The summed E-state index contributed by atoms with van der Waals surface area (Å²) in [5, 5.41) is 2.70. The molecular formula is C17H16FNO3. The van der Waals surface area contributed by atoms with Crippen molar-refractivity contribution in [1.29, 1.82) is 0 Å². The molecule has 1 aliphatic rings. The van der Waals surface area contributed by atoms with Crippen molar-refractivity contribution in [3.63, 3.8) is 0 Å². The van der Waals surface area contributed by atoms with E-state index in [1.807, 2.05) is 12.1 Å². The number of hydrogen-bond donors (Lipinski definition) is 1. The number of aryl methyl sites for hydroxylation is 1. The van der Waals surface area contributed by atoms with Gasteiger partial charge in [-0.2, -0.15) is 0 Å². The molecule has 0 saturated carbocycles. The maximum Gasteiger partial charge on any atom is 0.269 e. The molecule has 22 heavy (non-hydrogen) atoms. The first-order chi connectivity index (χ1) is 10.5. The van der Waals surface area contributed by atoms with Crippen LogP contribution in [0.5, 0.6) is 11.5 Å². The number of para-hydroxylation sites is 2. The fourth-order valence-corrected chi connectivity index (χ4v) is 2.34. The zero-order valence-electron chi connectivity index (χ0n) is 12.3. The van der Waals surface area contributed by atoms with Crippen molar-refractivity contribution in [3.05, 3.63) is 53.8 Å². The highest BCUT2D eigenvalue weighted by molar-refractivity contribution is 5.95. The molecular weight excluding hydrogens is 285 g/mol. The van der Waals surface area contributed by atoms with E-state index < -0.39 is 18.0 Å². The Hall–Kier alpha value is -2.56. The number of halogens is 1. The molecule has 2 aromatic rings. The van der Waals surface area contributed by atoms with Crippen LogP contribution in [0, 0.1) is 12.7 Å². The van der Waals surface area contributed by atoms with Crippen LogP contribution in [0.15, 0.2) is 42.5 Å². The van der Waals surface area contributed by atoms with Crippen molar-refractivity contribution in [2.45, 2.75) is 26.1 Å². The molecule has 1 aliphatic heterocycles. The van der Waals surface area contributed by atoms with E-state index >= 15 is 0 Å². The summed E-state index contributed by atoms with van der Waals surface area (Å²) in [5.74, 6) is 0.369. The third-order valence-electron chi connectivity index (χ3n) is 3.56. The van der Waals surface area contributed by atoms with Gasteiger partial charge in [0.2, 0.25) is 6.10 Å². The van der Waals surface area contributed by atoms with Gasteiger partial charge in [0.05, 0.1) is 0 Å². The number of anilines is 1. The summed E-state index contributed by atoms with van der Waals surface area (Å²) in [4.78, 5) is 12.4. The fourth-order valence-electron chi connectivity index (χ4n) is 2.34. The second-order valence-corrected chi connectivity index (χ2v) is 5.26. The Bertz CT molecular complexity index is 717. The largest absolute Gasteiger partial charge is 0.482 e. The molecule has 0 bridgehead atoms. The minimum atomic E-state index is -0.794. The van der Waals surface area contributed by atoms with E-state index in [-0.39, 0.29) is 5.91 Å². The van der Waals surface area contributed by atoms with Crippen molar-refractivity contribution >= 4 is 11.6 Å². The molecule has 0 aliphatic carbocycles. The van der Waals surface area contributed by atoms with Crippen LogP contribution in [0.25, 0.3) is 0 Å². The fraction of sp³-hybridized carbons (Fsp3) is 0.235. The molecule has 5 heteroatoms. The molecule has 0 aromatic heterocycles. The Morgan fingerprint density at radius 3 is 2.55 bits per heavy atom. The lowest BCUT2D eigenvalue weighted by molar-refractivity contribution is -0.128. The molecule has 0 saturated heterocycles. The minimum Gasteiger partial charge on any atom is -0.482 e. The Morgan fingerprint density at radius 1 is 1.14 bits per heavy atom. The van der Waals surface area contributed by atoms with Crippen LogP contribution in [0.2, 0.25) is 0 Å². The van der Waals surface area contributed by atoms with Gasteiger partial charge in [-0.1, -0.05) is 18.2 Å². The molecule has 2 aromatic carbocycles. The molecule has 2 atom stereocenters. The van der Waals surface area contributed by atoms with Gasteiger partial charge in [-0.05, 0) is 43.7 Å². The zero-order valence-corrected chi connectivity index (χ0v) is 12.3. The van der Waals surface area contributed by atoms with Gasteiger partial charge in [0.1, 0.15) is 11.9 Å². The second kappa shape index (κ2) is 5.67. The smallest absolute Gasteiger partial charge is 0.269 e. The van der Waals surface area contributed by atoms with Crippen LogP contribution in [0.1, 0.15) is 12.5 Å². The molecule has 0 spiro atoms. The lowest BCUT2D eigenvalue weighted by Crippen LogP contribution is -2.46. The summed E-state index contributed by atoms with van der Waals surface area (Å²) in [5.41, 5.74) is 1.21. The predicted octanol–water partition coefficient (Wildman–Crippen LogP) is 3.30. The number of nitrogens with one attached hydrogen (secondary N) is 1. The van der Waals surface area contributed by atoms with Gasteiger partial charge in [0, 0.05) is 5.69 Å². The lowest BCUT2D eigenvalue weighted by Gasteiger charge is -2.31. The quantitative estimate of drug-likeness (QED) is 0.926. The Morgan fingerprint density at radius 2 is 1.82 bits per heavy atom. The maximum atomic E-state index is 13.3. The van der Waals surface area contributed by atoms with Crippen molar-refractivity contribution in [2.24, 2.45) is 0 Å². The molecule has 114 valence electrons. The van der Waals surface area contributed by atoms with E-state index in [0.717, 1.165) is 5.56 Å². The number of hydrogen-bond acceptors (Lipinski definition) is 3. The highest BCUT2D eigenvalue weighted by Gasteiger charge is 2.34. The van der Waals surface area contributed by atoms with Crippen molar-refractivity contribution in [1.82, 2.24) is 0 Å². The average molecular weight is 301 g/mol. The molecule has 1 heterocycles. The normalized spacial score (nSPS) is 19.6. The predicted molar refractivity (Wildman–Crippen MR) is 80.7 cm³/mol. The van der Waals surface area contributed by atoms with Crippen LogP contribution in [0.3, 0.4) is 0 Å². The van der Waals surface area contributed by atoms with Gasteiger partial charge < -0.3 is 14.8 Å². The standard InChI is InChI=1S/C17H16FNO3/c1-10-7-8-12(18)9-13(10)19-17(20)16-11(2)21-14-5-3-4-6-15(14)22-16/h3-9,11,16H,1-2H3,(H,19,20)/t11-,16+/m0/s1. The maximum absolute atomic E-state index is 13.3. The monoisotopic (exact) mass is 301 g/mol. The van der Waals surface area contributed by atoms with Crippen LogP contribution in [0.4, 0.5) is 10.1 Å². The number of fused-ring (bicyclic) bond motifs is 1. The van der Waals surface area contributed by atoms with E-state index in [9.17, 15) is 9.18 Å². The molecule has 0 fully saturated rings. The SMILES string of the molecule is Cc1ccc(F)cc1NC(=O)[C@@H]1Oc2ccccc2O[C@H]1C. The minimum absolute atomic E-state index is 0.365. The number of amides is 1. The van der Waals surface area contributed by atoms with E-state index in [4.69, 9.17) is 9.47 Å². The summed E-state index contributed by atoms with van der Waals surface area (Å²) >= 11 is 0. The molecule has 3 rings (SSSR count). The summed E-state index contributed by atoms with van der Waals surface area (Å²) in [6.07, 6.45) is -1.23. The van der Waals surface area contributed by atoms with E-state index in [1.54, 1.807) is 32.0 Å². The van der Waals surface area contributed by atoms with Gasteiger partial charge in [-0.15, -0.1) is 0 Å². The van der Waals surface area contributed by atoms with Gasteiger partial charge in [0.25, 0.3) is 5.91 Å². The summed E-state index contributed by atoms with van der Waals surface area (Å²) in [7, 11) is 0. The third-order valence-corrected chi connectivity index (χ3v) is 3.56. The topological polar surface area (TPSA) is 47.6 Å². The first-order valence-electron chi connectivity index (χ1n) is 7.04. The van der Waals surface area contributed by atoms with Gasteiger partial charge >= 0.3 is 0 Å². The summed E-state index contributed by atoms with van der Waals surface area (Å²) in [6.45, 7) is 3.56.